The van der Waals surface area contributed by atoms with Crippen LogP contribution in [0.3, 0.4) is 0 Å². The molecule has 3 nitrogen and oxygen atoms in total. The lowest BCUT2D eigenvalue weighted by molar-refractivity contribution is 0.0619. The van der Waals surface area contributed by atoms with Crippen molar-refractivity contribution >= 4 is 0 Å². The van der Waals surface area contributed by atoms with E-state index >= 15 is 0 Å². The Hall–Kier alpha value is -1.61. The lowest BCUT2D eigenvalue weighted by Crippen LogP contribution is -2.29. The Kier molecular flexibility index (Phi) is 3.65. The van der Waals surface area contributed by atoms with E-state index in [4.69, 9.17) is 4.52 Å². The van der Waals surface area contributed by atoms with E-state index in [9.17, 15) is 5.11 Å². The van der Waals surface area contributed by atoms with Crippen molar-refractivity contribution in [3.8, 4) is 0 Å². The lowest BCUT2D eigenvalue weighted by Gasteiger charge is -2.33. The van der Waals surface area contributed by atoms with Crippen molar-refractivity contribution in [1.82, 2.24) is 5.16 Å². The first-order chi connectivity index (χ1) is 9.33. The van der Waals surface area contributed by atoms with E-state index in [1.807, 2.05) is 0 Å². The molecule has 3 unspecified atom stereocenters. The molecule has 0 aliphatic heterocycles. The fourth-order valence-electron chi connectivity index (χ4n) is 3.13. The molecule has 0 radical (unpaired) electrons. The van der Waals surface area contributed by atoms with Crippen LogP contribution < -0.4 is 0 Å². The second-order valence-electron chi connectivity index (χ2n) is 5.48. The van der Waals surface area contributed by atoms with Gasteiger partial charge in [0.25, 0.3) is 0 Å². The summed E-state index contributed by atoms with van der Waals surface area (Å²) in [4.78, 5) is 0. The summed E-state index contributed by atoms with van der Waals surface area (Å²) in [7, 11) is 0. The van der Waals surface area contributed by atoms with Crippen molar-refractivity contribution in [2.24, 2.45) is 5.92 Å². The molecule has 1 N–H and O–H groups in total. The zero-order valence-electron chi connectivity index (χ0n) is 10.9. The van der Waals surface area contributed by atoms with Gasteiger partial charge in [-0.3, -0.25) is 0 Å². The zero-order valence-corrected chi connectivity index (χ0v) is 10.9. The SMILES string of the molecule is OC1CCC(c2ccccc2)CC1Cc1cnoc1. The minimum absolute atomic E-state index is 0.199. The largest absolute Gasteiger partial charge is 0.393 e. The molecule has 1 saturated carbocycles. The van der Waals surface area contributed by atoms with Crippen molar-refractivity contribution in [2.45, 2.75) is 37.7 Å². The van der Waals surface area contributed by atoms with Crippen LogP contribution in [0.15, 0.2) is 47.3 Å². The predicted molar refractivity (Wildman–Crippen MR) is 72.7 cm³/mol. The molecule has 1 fully saturated rings. The van der Waals surface area contributed by atoms with Crippen LogP contribution in [0.4, 0.5) is 0 Å². The second-order valence-corrected chi connectivity index (χ2v) is 5.48. The van der Waals surface area contributed by atoms with Crippen LogP contribution in [-0.4, -0.2) is 16.4 Å². The van der Waals surface area contributed by atoms with Gasteiger partial charge in [-0.25, -0.2) is 0 Å². The molecule has 100 valence electrons. The second kappa shape index (κ2) is 5.57. The van der Waals surface area contributed by atoms with Crippen molar-refractivity contribution in [2.75, 3.05) is 0 Å². The molecule has 3 rings (SSSR count). The third-order valence-corrected chi connectivity index (χ3v) is 4.19. The van der Waals surface area contributed by atoms with Crippen molar-refractivity contribution in [1.29, 1.82) is 0 Å². The average Bonchev–Trinajstić information content (AvgIpc) is 2.95. The van der Waals surface area contributed by atoms with Crippen LogP contribution in [0, 0.1) is 5.92 Å². The maximum Gasteiger partial charge on any atom is 0.126 e. The van der Waals surface area contributed by atoms with E-state index in [-0.39, 0.29) is 6.10 Å². The molecule has 1 heterocycles. The molecule has 3 atom stereocenters. The maximum atomic E-state index is 10.2. The molecule has 19 heavy (non-hydrogen) atoms. The summed E-state index contributed by atoms with van der Waals surface area (Å²) >= 11 is 0. The Balaban J connectivity index is 1.70. The number of aliphatic hydroxyl groups excluding tert-OH is 1. The molecular weight excluding hydrogens is 238 g/mol. The van der Waals surface area contributed by atoms with Crippen molar-refractivity contribution in [3.63, 3.8) is 0 Å². The monoisotopic (exact) mass is 257 g/mol. The fourth-order valence-corrected chi connectivity index (χ4v) is 3.13. The van der Waals surface area contributed by atoms with Gasteiger partial charge in [-0.15, -0.1) is 0 Å². The highest BCUT2D eigenvalue weighted by Gasteiger charge is 2.30. The Labute approximate surface area is 113 Å². The maximum absolute atomic E-state index is 10.2. The molecule has 2 aromatic rings. The summed E-state index contributed by atoms with van der Waals surface area (Å²) in [5, 5.41) is 13.9. The summed E-state index contributed by atoms with van der Waals surface area (Å²) in [6.07, 6.45) is 7.08. The first-order valence-electron chi connectivity index (χ1n) is 6.94. The van der Waals surface area contributed by atoms with Gasteiger partial charge in [0.2, 0.25) is 0 Å². The number of aromatic nitrogens is 1. The first kappa shape index (κ1) is 12.4. The Morgan fingerprint density at radius 2 is 2.05 bits per heavy atom. The fraction of sp³-hybridized carbons (Fsp3) is 0.438. The minimum Gasteiger partial charge on any atom is -0.393 e. The summed E-state index contributed by atoms with van der Waals surface area (Å²) in [6.45, 7) is 0. The summed E-state index contributed by atoms with van der Waals surface area (Å²) in [5.41, 5.74) is 2.47. The highest BCUT2D eigenvalue weighted by Crippen LogP contribution is 2.37. The lowest BCUT2D eigenvalue weighted by atomic mass is 9.74. The molecular formula is C16H19NO2. The molecule has 1 aliphatic rings. The van der Waals surface area contributed by atoms with Gasteiger partial charge in [-0.05, 0) is 43.1 Å². The van der Waals surface area contributed by atoms with Gasteiger partial charge in [0.15, 0.2) is 0 Å². The third-order valence-electron chi connectivity index (χ3n) is 4.19. The molecule has 1 aromatic carbocycles. The number of rotatable bonds is 3. The summed E-state index contributed by atoms with van der Waals surface area (Å²) in [6, 6.07) is 10.6. The smallest absolute Gasteiger partial charge is 0.126 e. The van der Waals surface area contributed by atoms with Gasteiger partial charge in [-0.1, -0.05) is 35.5 Å². The molecule has 0 amide bonds. The van der Waals surface area contributed by atoms with E-state index in [0.29, 0.717) is 11.8 Å². The normalized spacial score (nSPS) is 27.3. The Morgan fingerprint density at radius 1 is 1.21 bits per heavy atom. The van der Waals surface area contributed by atoms with Crippen LogP contribution in [0.1, 0.15) is 36.3 Å². The number of hydrogen-bond acceptors (Lipinski definition) is 3. The molecule has 0 saturated heterocycles. The average molecular weight is 257 g/mol. The third kappa shape index (κ3) is 2.87. The van der Waals surface area contributed by atoms with Gasteiger partial charge in [-0.2, -0.15) is 0 Å². The number of aliphatic hydroxyl groups is 1. The number of benzene rings is 1. The van der Waals surface area contributed by atoms with E-state index in [1.54, 1.807) is 12.5 Å². The van der Waals surface area contributed by atoms with Gasteiger partial charge < -0.3 is 9.63 Å². The highest BCUT2D eigenvalue weighted by atomic mass is 16.5. The molecule has 0 bridgehead atoms. The number of nitrogens with zero attached hydrogens (tertiary/aromatic N) is 1. The highest BCUT2D eigenvalue weighted by molar-refractivity contribution is 5.20. The molecule has 0 spiro atoms. The van der Waals surface area contributed by atoms with E-state index in [0.717, 1.165) is 31.2 Å². The quantitative estimate of drug-likeness (QED) is 0.918. The predicted octanol–water partition coefficient (Wildman–Crippen LogP) is 3.16. The van der Waals surface area contributed by atoms with Crippen molar-refractivity contribution < 1.29 is 9.63 Å². The standard InChI is InChI=1S/C16H19NO2/c18-16-7-6-14(13-4-2-1-3-5-13)9-15(16)8-12-10-17-19-11-12/h1-5,10-11,14-16,18H,6-9H2. The number of hydrogen-bond donors (Lipinski definition) is 1. The van der Waals surface area contributed by atoms with E-state index in [2.05, 4.69) is 35.5 Å². The van der Waals surface area contributed by atoms with Crippen LogP contribution in [0.2, 0.25) is 0 Å². The van der Waals surface area contributed by atoms with E-state index in [1.165, 1.54) is 5.56 Å². The summed E-state index contributed by atoms with van der Waals surface area (Å²) < 4.78 is 4.87. The van der Waals surface area contributed by atoms with Crippen LogP contribution >= 0.6 is 0 Å². The van der Waals surface area contributed by atoms with Gasteiger partial charge in [0.1, 0.15) is 6.26 Å². The topological polar surface area (TPSA) is 46.3 Å². The van der Waals surface area contributed by atoms with Gasteiger partial charge >= 0.3 is 0 Å². The summed E-state index contributed by atoms with van der Waals surface area (Å²) in [5.74, 6) is 0.868. The molecule has 1 aliphatic carbocycles. The Morgan fingerprint density at radius 3 is 2.79 bits per heavy atom. The van der Waals surface area contributed by atoms with E-state index < -0.39 is 0 Å². The molecule has 1 aromatic heterocycles. The molecule has 3 heteroatoms. The van der Waals surface area contributed by atoms with Crippen LogP contribution in [0.5, 0.6) is 0 Å². The minimum atomic E-state index is -0.199. The van der Waals surface area contributed by atoms with Crippen molar-refractivity contribution in [3.05, 3.63) is 53.9 Å². The van der Waals surface area contributed by atoms with Crippen LogP contribution in [0.25, 0.3) is 0 Å². The first-order valence-corrected chi connectivity index (χ1v) is 6.94. The Bertz CT molecular complexity index is 495. The zero-order chi connectivity index (χ0) is 13.1. The van der Waals surface area contributed by atoms with Gasteiger partial charge in [0.05, 0.1) is 12.3 Å². The van der Waals surface area contributed by atoms with Crippen LogP contribution in [-0.2, 0) is 6.42 Å². The van der Waals surface area contributed by atoms with Gasteiger partial charge in [0, 0.05) is 5.56 Å².